The molecule has 1 atom stereocenters. The fraction of sp³-hybridized carbons (Fsp3) is 0.333. The fourth-order valence-electron chi connectivity index (χ4n) is 2.40. The van der Waals surface area contributed by atoms with Crippen LogP contribution in [0.2, 0.25) is 5.02 Å². The Labute approximate surface area is 132 Å². The second-order valence-electron chi connectivity index (χ2n) is 5.41. The van der Waals surface area contributed by atoms with E-state index in [-0.39, 0.29) is 16.8 Å². The standard InChI is InChI=1S/C15H16ClFN4O/c1-21-8-7-18-14(21)13(9-5-6-9)20-15(22)19-11-4-2-3-10(16)12(11)17/h2-4,7-9,13H,5-6H2,1H3,(H2,19,20,22)/t13-/m0/s1. The van der Waals surface area contributed by atoms with Gasteiger partial charge in [-0.05, 0) is 30.9 Å². The molecule has 0 aliphatic heterocycles. The molecule has 3 rings (SSSR count). The van der Waals surface area contributed by atoms with Gasteiger partial charge in [-0.3, -0.25) is 0 Å². The second-order valence-corrected chi connectivity index (χ2v) is 5.82. The predicted molar refractivity (Wildman–Crippen MR) is 82.2 cm³/mol. The van der Waals surface area contributed by atoms with E-state index in [4.69, 9.17) is 11.6 Å². The highest BCUT2D eigenvalue weighted by Crippen LogP contribution is 2.40. The summed E-state index contributed by atoms with van der Waals surface area (Å²) >= 11 is 5.71. The summed E-state index contributed by atoms with van der Waals surface area (Å²) in [6, 6.07) is 3.83. The molecular weight excluding hydrogens is 307 g/mol. The van der Waals surface area contributed by atoms with Crippen LogP contribution in [0.5, 0.6) is 0 Å². The number of carbonyl (C=O) groups excluding carboxylic acids is 1. The summed E-state index contributed by atoms with van der Waals surface area (Å²) in [5.74, 6) is 0.527. The van der Waals surface area contributed by atoms with E-state index >= 15 is 0 Å². The summed E-state index contributed by atoms with van der Waals surface area (Å²) in [4.78, 5) is 16.5. The third-order valence-electron chi connectivity index (χ3n) is 3.72. The molecule has 0 saturated heterocycles. The van der Waals surface area contributed by atoms with E-state index in [2.05, 4.69) is 15.6 Å². The molecule has 1 aromatic heterocycles. The van der Waals surface area contributed by atoms with Crippen LogP contribution in [0, 0.1) is 11.7 Å². The monoisotopic (exact) mass is 322 g/mol. The Balaban J connectivity index is 1.72. The molecule has 2 amide bonds. The number of anilines is 1. The summed E-state index contributed by atoms with van der Waals surface area (Å²) in [6.45, 7) is 0. The van der Waals surface area contributed by atoms with Gasteiger partial charge in [-0.25, -0.2) is 14.2 Å². The van der Waals surface area contributed by atoms with Gasteiger partial charge in [-0.1, -0.05) is 17.7 Å². The Hall–Kier alpha value is -2.08. The number of imidazole rings is 1. The number of hydrogen-bond donors (Lipinski definition) is 2. The van der Waals surface area contributed by atoms with Crippen LogP contribution in [0.3, 0.4) is 0 Å². The minimum absolute atomic E-state index is 0.0272. The number of urea groups is 1. The first-order valence-corrected chi connectivity index (χ1v) is 7.43. The number of carbonyl (C=O) groups is 1. The van der Waals surface area contributed by atoms with Gasteiger partial charge in [0.1, 0.15) is 5.82 Å². The summed E-state index contributed by atoms with van der Waals surface area (Å²) < 4.78 is 15.7. The van der Waals surface area contributed by atoms with Gasteiger partial charge < -0.3 is 15.2 Å². The molecule has 1 aliphatic carbocycles. The van der Waals surface area contributed by atoms with Gasteiger partial charge in [0.25, 0.3) is 0 Å². The SMILES string of the molecule is Cn1ccnc1[C@@H](NC(=O)Nc1cccc(Cl)c1F)C1CC1. The predicted octanol–water partition coefficient (Wildman–Crippen LogP) is 3.49. The van der Waals surface area contributed by atoms with Gasteiger partial charge in [0.2, 0.25) is 0 Å². The average molecular weight is 323 g/mol. The third kappa shape index (κ3) is 3.06. The van der Waals surface area contributed by atoms with Gasteiger partial charge in [0.15, 0.2) is 5.82 Å². The Morgan fingerprint density at radius 1 is 1.50 bits per heavy atom. The highest BCUT2D eigenvalue weighted by molar-refractivity contribution is 6.31. The lowest BCUT2D eigenvalue weighted by Crippen LogP contribution is -2.35. The molecule has 7 heteroatoms. The van der Waals surface area contributed by atoms with Crippen molar-refractivity contribution in [2.75, 3.05) is 5.32 Å². The Kier molecular flexibility index (Phi) is 4.02. The molecule has 5 nitrogen and oxygen atoms in total. The number of amides is 2. The van der Waals surface area contributed by atoms with Crippen molar-refractivity contribution < 1.29 is 9.18 Å². The van der Waals surface area contributed by atoms with Gasteiger partial charge in [-0.2, -0.15) is 0 Å². The number of benzene rings is 1. The zero-order chi connectivity index (χ0) is 15.7. The van der Waals surface area contributed by atoms with Crippen LogP contribution in [0.4, 0.5) is 14.9 Å². The van der Waals surface area contributed by atoms with Gasteiger partial charge in [0.05, 0.1) is 16.8 Å². The first kappa shape index (κ1) is 14.8. The molecule has 0 radical (unpaired) electrons. The van der Waals surface area contributed by atoms with Crippen LogP contribution in [-0.2, 0) is 7.05 Å². The molecule has 22 heavy (non-hydrogen) atoms. The van der Waals surface area contributed by atoms with Crippen LogP contribution in [0.15, 0.2) is 30.6 Å². The average Bonchev–Trinajstić information content (AvgIpc) is 3.24. The fourth-order valence-corrected chi connectivity index (χ4v) is 2.57. The molecular formula is C15H16ClFN4O. The highest BCUT2D eigenvalue weighted by Gasteiger charge is 2.35. The Morgan fingerprint density at radius 3 is 2.91 bits per heavy atom. The first-order chi connectivity index (χ1) is 10.6. The third-order valence-corrected chi connectivity index (χ3v) is 4.01. The number of aryl methyl sites for hydroxylation is 1. The topological polar surface area (TPSA) is 59.0 Å². The largest absolute Gasteiger partial charge is 0.336 e. The minimum Gasteiger partial charge on any atom is -0.336 e. The van der Waals surface area contributed by atoms with E-state index in [1.54, 1.807) is 12.3 Å². The van der Waals surface area contributed by atoms with Crippen LogP contribution < -0.4 is 10.6 Å². The number of aromatic nitrogens is 2. The van der Waals surface area contributed by atoms with E-state index in [0.717, 1.165) is 18.7 Å². The second kappa shape index (κ2) is 5.96. The van der Waals surface area contributed by atoms with Gasteiger partial charge >= 0.3 is 6.03 Å². The zero-order valence-corrected chi connectivity index (χ0v) is 12.8. The number of nitrogens with one attached hydrogen (secondary N) is 2. The van der Waals surface area contributed by atoms with E-state index in [1.807, 2.05) is 17.8 Å². The summed E-state index contributed by atoms with van der Waals surface area (Å²) in [6.07, 6.45) is 5.62. The summed E-state index contributed by atoms with van der Waals surface area (Å²) in [7, 11) is 1.88. The van der Waals surface area contributed by atoms with Crippen molar-refractivity contribution in [3.05, 3.63) is 47.3 Å². The quantitative estimate of drug-likeness (QED) is 0.905. The smallest absolute Gasteiger partial charge is 0.319 e. The normalized spacial score (nSPS) is 15.4. The maximum absolute atomic E-state index is 13.8. The van der Waals surface area contributed by atoms with E-state index in [9.17, 15) is 9.18 Å². The zero-order valence-electron chi connectivity index (χ0n) is 12.0. The number of rotatable bonds is 4. The lowest BCUT2D eigenvalue weighted by atomic mass is 10.1. The Bertz CT molecular complexity index is 699. The van der Waals surface area contributed by atoms with Crippen molar-refractivity contribution in [3.63, 3.8) is 0 Å². The van der Waals surface area contributed by atoms with Crippen molar-refractivity contribution >= 4 is 23.3 Å². The first-order valence-electron chi connectivity index (χ1n) is 7.05. The molecule has 2 aromatic rings. The molecule has 2 N–H and O–H groups in total. The maximum atomic E-state index is 13.8. The molecule has 0 spiro atoms. The molecule has 1 heterocycles. The molecule has 1 saturated carbocycles. The van der Waals surface area contributed by atoms with Crippen molar-refractivity contribution in [3.8, 4) is 0 Å². The summed E-state index contributed by atoms with van der Waals surface area (Å²) in [5, 5.41) is 5.35. The van der Waals surface area contributed by atoms with Crippen molar-refractivity contribution in [2.24, 2.45) is 13.0 Å². The number of nitrogens with zero attached hydrogens (tertiary/aromatic N) is 2. The number of halogens is 2. The Morgan fingerprint density at radius 2 is 2.27 bits per heavy atom. The van der Waals surface area contributed by atoms with Crippen LogP contribution in [0.1, 0.15) is 24.7 Å². The molecule has 1 aliphatic rings. The van der Waals surface area contributed by atoms with E-state index < -0.39 is 11.8 Å². The van der Waals surface area contributed by atoms with Crippen molar-refractivity contribution in [2.45, 2.75) is 18.9 Å². The van der Waals surface area contributed by atoms with Gasteiger partial charge in [-0.15, -0.1) is 0 Å². The molecule has 116 valence electrons. The van der Waals surface area contributed by atoms with Crippen LogP contribution in [0.25, 0.3) is 0 Å². The van der Waals surface area contributed by atoms with E-state index in [0.29, 0.717) is 5.92 Å². The van der Waals surface area contributed by atoms with Crippen molar-refractivity contribution in [1.29, 1.82) is 0 Å². The van der Waals surface area contributed by atoms with E-state index in [1.165, 1.54) is 12.1 Å². The summed E-state index contributed by atoms with van der Waals surface area (Å²) in [5.41, 5.74) is 0.0550. The maximum Gasteiger partial charge on any atom is 0.319 e. The minimum atomic E-state index is -0.640. The molecule has 1 fully saturated rings. The van der Waals surface area contributed by atoms with Gasteiger partial charge in [0, 0.05) is 19.4 Å². The lowest BCUT2D eigenvalue weighted by molar-refractivity contribution is 0.246. The highest BCUT2D eigenvalue weighted by atomic mass is 35.5. The van der Waals surface area contributed by atoms with Crippen LogP contribution >= 0.6 is 11.6 Å². The lowest BCUT2D eigenvalue weighted by Gasteiger charge is -2.18. The number of hydrogen-bond acceptors (Lipinski definition) is 2. The molecule has 1 aromatic carbocycles. The molecule has 0 unspecified atom stereocenters. The van der Waals surface area contributed by atoms with Crippen LogP contribution in [-0.4, -0.2) is 15.6 Å². The van der Waals surface area contributed by atoms with Crippen molar-refractivity contribution in [1.82, 2.24) is 14.9 Å². The molecule has 0 bridgehead atoms.